The van der Waals surface area contributed by atoms with Crippen molar-refractivity contribution in [3.05, 3.63) is 32.8 Å². The lowest BCUT2D eigenvalue weighted by Crippen LogP contribution is -2.45. The van der Waals surface area contributed by atoms with Crippen LogP contribution in [0.2, 0.25) is 15.1 Å². The van der Waals surface area contributed by atoms with Crippen molar-refractivity contribution in [1.82, 2.24) is 10.2 Å². The zero-order chi connectivity index (χ0) is 13.8. The summed E-state index contributed by atoms with van der Waals surface area (Å²) >= 11 is 18.7. The molecule has 0 aliphatic carbocycles. The van der Waals surface area contributed by atoms with Crippen LogP contribution in [0.25, 0.3) is 0 Å². The lowest BCUT2D eigenvalue weighted by molar-refractivity contribution is 0.141. The number of hydrogen-bond donors (Lipinski definition) is 2. The largest absolute Gasteiger partial charge is 0.396 e. The van der Waals surface area contributed by atoms with Crippen molar-refractivity contribution in [2.75, 3.05) is 32.8 Å². The number of hydrogen-bond acceptors (Lipinski definition) is 3. The standard InChI is InChI=1S/C13H17Cl3N2O.ClH/c14-9-1-2-10(15)13(16)12(9)11(3-8-19)18-6-4-17-5-7-18;/h1-2,11,17,19H,3-8H2;1H/t11-;/m1./s1. The van der Waals surface area contributed by atoms with Gasteiger partial charge in [0.1, 0.15) is 0 Å². The van der Waals surface area contributed by atoms with E-state index in [1.165, 1.54) is 0 Å². The van der Waals surface area contributed by atoms with E-state index in [1.807, 2.05) is 0 Å². The van der Waals surface area contributed by atoms with Crippen molar-refractivity contribution >= 4 is 47.2 Å². The van der Waals surface area contributed by atoms with Gasteiger partial charge in [0.15, 0.2) is 0 Å². The van der Waals surface area contributed by atoms with Crippen LogP contribution in [0.3, 0.4) is 0 Å². The molecule has 0 spiro atoms. The van der Waals surface area contributed by atoms with Gasteiger partial charge >= 0.3 is 0 Å². The van der Waals surface area contributed by atoms with Gasteiger partial charge in [-0.3, -0.25) is 4.90 Å². The highest BCUT2D eigenvalue weighted by Gasteiger charge is 2.26. The zero-order valence-electron chi connectivity index (χ0n) is 10.9. The third-order valence-corrected chi connectivity index (χ3v) is 4.56. The van der Waals surface area contributed by atoms with E-state index in [0.717, 1.165) is 31.7 Å². The molecule has 1 aliphatic rings. The first kappa shape index (κ1) is 18.3. The Balaban J connectivity index is 0.00000200. The van der Waals surface area contributed by atoms with Crippen molar-refractivity contribution in [2.45, 2.75) is 12.5 Å². The maximum absolute atomic E-state index is 9.32. The summed E-state index contributed by atoms with van der Waals surface area (Å²) in [5.41, 5.74) is 0.826. The SMILES string of the molecule is Cl.OCC[C@H](c1c(Cl)ccc(Cl)c1Cl)N1CCNCC1. The van der Waals surface area contributed by atoms with Gasteiger partial charge in [-0.2, -0.15) is 0 Å². The lowest BCUT2D eigenvalue weighted by Gasteiger charge is -2.36. The minimum absolute atomic E-state index is 0. The molecule has 1 aromatic carbocycles. The number of halogens is 4. The van der Waals surface area contributed by atoms with Crippen LogP contribution >= 0.6 is 47.2 Å². The van der Waals surface area contributed by atoms with E-state index >= 15 is 0 Å². The fourth-order valence-electron chi connectivity index (χ4n) is 2.47. The zero-order valence-corrected chi connectivity index (χ0v) is 14.0. The van der Waals surface area contributed by atoms with Crippen LogP contribution in [0, 0.1) is 0 Å². The van der Waals surface area contributed by atoms with Crippen molar-refractivity contribution in [2.24, 2.45) is 0 Å². The monoisotopic (exact) mass is 358 g/mol. The molecular formula is C13H18Cl4N2O. The summed E-state index contributed by atoms with van der Waals surface area (Å²) in [5, 5.41) is 14.2. The second-order valence-electron chi connectivity index (χ2n) is 4.57. The van der Waals surface area contributed by atoms with Crippen LogP contribution in [-0.4, -0.2) is 42.8 Å². The first-order valence-corrected chi connectivity index (χ1v) is 7.47. The smallest absolute Gasteiger partial charge is 0.0655 e. The first-order chi connectivity index (χ1) is 9.15. The van der Waals surface area contributed by atoms with E-state index in [1.54, 1.807) is 12.1 Å². The Morgan fingerprint density at radius 2 is 1.75 bits per heavy atom. The molecule has 20 heavy (non-hydrogen) atoms. The third kappa shape index (κ3) is 4.14. The number of rotatable bonds is 4. The molecule has 3 nitrogen and oxygen atoms in total. The molecule has 0 saturated carbocycles. The third-order valence-electron chi connectivity index (χ3n) is 3.41. The second-order valence-corrected chi connectivity index (χ2v) is 5.76. The average molecular weight is 360 g/mol. The highest BCUT2D eigenvalue weighted by atomic mass is 35.5. The minimum atomic E-state index is 0. The number of piperazine rings is 1. The van der Waals surface area contributed by atoms with Gasteiger partial charge in [-0.1, -0.05) is 34.8 Å². The van der Waals surface area contributed by atoms with E-state index in [0.29, 0.717) is 21.5 Å². The fourth-order valence-corrected chi connectivity index (χ4v) is 3.26. The Labute approximate surface area is 140 Å². The molecule has 0 bridgehead atoms. The van der Waals surface area contributed by atoms with Crippen LogP contribution in [0.4, 0.5) is 0 Å². The molecule has 1 aromatic rings. The molecule has 1 saturated heterocycles. The van der Waals surface area contributed by atoms with E-state index in [4.69, 9.17) is 34.8 Å². The normalized spacial score (nSPS) is 17.6. The van der Waals surface area contributed by atoms with Crippen LogP contribution in [0.1, 0.15) is 18.0 Å². The van der Waals surface area contributed by atoms with Crippen LogP contribution in [-0.2, 0) is 0 Å². The van der Waals surface area contributed by atoms with Crippen molar-refractivity contribution in [1.29, 1.82) is 0 Å². The van der Waals surface area contributed by atoms with Crippen LogP contribution < -0.4 is 5.32 Å². The second kappa shape index (κ2) is 8.64. The molecule has 1 heterocycles. The van der Waals surface area contributed by atoms with Gasteiger partial charge in [0.25, 0.3) is 0 Å². The molecule has 2 N–H and O–H groups in total. The predicted molar refractivity (Wildman–Crippen MR) is 87.6 cm³/mol. The fraction of sp³-hybridized carbons (Fsp3) is 0.538. The molecule has 114 valence electrons. The highest BCUT2D eigenvalue weighted by molar-refractivity contribution is 6.44. The Bertz CT molecular complexity index is 439. The summed E-state index contributed by atoms with van der Waals surface area (Å²) in [6.07, 6.45) is 0.597. The van der Waals surface area contributed by atoms with Crippen molar-refractivity contribution in [3.63, 3.8) is 0 Å². The minimum Gasteiger partial charge on any atom is -0.396 e. The summed E-state index contributed by atoms with van der Waals surface area (Å²) in [7, 11) is 0. The number of nitrogens with one attached hydrogen (secondary N) is 1. The molecule has 1 aliphatic heterocycles. The molecule has 0 amide bonds. The molecule has 0 unspecified atom stereocenters. The van der Waals surface area contributed by atoms with Crippen molar-refractivity contribution < 1.29 is 5.11 Å². The van der Waals surface area contributed by atoms with E-state index < -0.39 is 0 Å². The summed E-state index contributed by atoms with van der Waals surface area (Å²) in [4.78, 5) is 2.29. The average Bonchev–Trinajstić information content (AvgIpc) is 2.43. The molecular weight excluding hydrogens is 342 g/mol. The van der Waals surface area contributed by atoms with Gasteiger partial charge < -0.3 is 10.4 Å². The quantitative estimate of drug-likeness (QED) is 0.808. The number of nitrogens with zero attached hydrogens (tertiary/aromatic N) is 1. The van der Waals surface area contributed by atoms with Crippen LogP contribution in [0.5, 0.6) is 0 Å². The maximum Gasteiger partial charge on any atom is 0.0655 e. The van der Waals surface area contributed by atoms with Gasteiger partial charge in [0.05, 0.1) is 10.0 Å². The predicted octanol–water partition coefficient (Wildman–Crippen LogP) is 3.40. The van der Waals surface area contributed by atoms with E-state index in [2.05, 4.69) is 10.2 Å². The first-order valence-electron chi connectivity index (χ1n) is 6.34. The Kier molecular flexibility index (Phi) is 7.91. The highest BCUT2D eigenvalue weighted by Crippen LogP contribution is 2.39. The Morgan fingerprint density at radius 1 is 1.15 bits per heavy atom. The molecule has 7 heteroatoms. The maximum atomic E-state index is 9.32. The van der Waals surface area contributed by atoms with Crippen LogP contribution in [0.15, 0.2) is 12.1 Å². The number of aliphatic hydroxyl groups is 1. The van der Waals surface area contributed by atoms with Gasteiger partial charge in [-0.15, -0.1) is 12.4 Å². The summed E-state index contributed by atoms with van der Waals surface area (Å²) in [6.45, 7) is 3.76. The van der Waals surface area contributed by atoms with Gasteiger partial charge in [-0.05, 0) is 18.6 Å². The summed E-state index contributed by atoms with van der Waals surface area (Å²) in [5.74, 6) is 0. The van der Waals surface area contributed by atoms with Gasteiger partial charge in [0.2, 0.25) is 0 Å². The molecule has 0 radical (unpaired) electrons. The number of aliphatic hydroxyl groups excluding tert-OH is 1. The summed E-state index contributed by atoms with van der Waals surface area (Å²) < 4.78 is 0. The van der Waals surface area contributed by atoms with E-state index in [9.17, 15) is 5.11 Å². The molecule has 2 rings (SSSR count). The number of benzene rings is 1. The van der Waals surface area contributed by atoms with E-state index in [-0.39, 0.29) is 25.1 Å². The molecule has 0 aromatic heterocycles. The topological polar surface area (TPSA) is 35.5 Å². The molecule has 1 fully saturated rings. The summed E-state index contributed by atoms with van der Waals surface area (Å²) in [6, 6.07) is 3.46. The lowest BCUT2D eigenvalue weighted by atomic mass is 10.0. The van der Waals surface area contributed by atoms with Gasteiger partial charge in [-0.25, -0.2) is 0 Å². The van der Waals surface area contributed by atoms with Gasteiger partial charge in [0, 0.05) is 49.4 Å². The Morgan fingerprint density at radius 3 is 2.35 bits per heavy atom. The molecule has 1 atom stereocenters. The van der Waals surface area contributed by atoms with Crippen molar-refractivity contribution in [3.8, 4) is 0 Å². The Hall–Kier alpha value is 0.260.